The number of hydrogen-bond donors (Lipinski definition) is 1. The minimum atomic E-state index is -0.138. The lowest BCUT2D eigenvalue weighted by Crippen LogP contribution is -2.38. The summed E-state index contributed by atoms with van der Waals surface area (Å²) in [5.74, 6) is 1.04. The van der Waals surface area contributed by atoms with Gasteiger partial charge in [-0.3, -0.25) is 9.59 Å². The first-order valence-electron chi connectivity index (χ1n) is 14.0. The van der Waals surface area contributed by atoms with Crippen molar-refractivity contribution in [2.45, 2.75) is 36.1 Å². The molecule has 0 atom stereocenters. The summed E-state index contributed by atoms with van der Waals surface area (Å²) in [7, 11) is 0. The van der Waals surface area contributed by atoms with Crippen molar-refractivity contribution in [1.29, 1.82) is 0 Å². The lowest BCUT2D eigenvalue weighted by molar-refractivity contribution is 0.0708. The maximum Gasteiger partial charge on any atom is 0.270 e. The molecule has 1 aliphatic heterocycles. The van der Waals surface area contributed by atoms with E-state index in [0.29, 0.717) is 36.6 Å². The van der Waals surface area contributed by atoms with Gasteiger partial charge >= 0.3 is 0 Å². The van der Waals surface area contributed by atoms with Gasteiger partial charge in [-0.05, 0) is 42.5 Å². The number of carbonyl (C=O) groups excluding carboxylic acids is 2. The van der Waals surface area contributed by atoms with Gasteiger partial charge in [-0.25, -0.2) is 9.97 Å². The molecular formula is C33H34N4O2S2. The van der Waals surface area contributed by atoms with Crippen LogP contribution in [0, 0.1) is 0 Å². The molecule has 210 valence electrons. The standard InChI is InChI=1S/C33H34N4O2S2/c1-2-22-40-32-28(14-9-18-35-32)33(39)37-20-16-26(17-21-37)31-36-29(23-41-31)30(38)34-19-15-27(24-10-5-3-6-11-24)25-12-7-4-8-13-25/h2-14,18,23,26-27H,1,15-17,19-22H2,(H,34,38). The monoisotopic (exact) mass is 582 g/mol. The van der Waals surface area contributed by atoms with Crippen molar-refractivity contribution in [1.82, 2.24) is 20.2 Å². The van der Waals surface area contributed by atoms with Gasteiger partial charge in [-0.1, -0.05) is 66.7 Å². The first-order chi connectivity index (χ1) is 20.1. The van der Waals surface area contributed by atoms with Gasteiger partial charge in [0, 0.05) is 48.8 Å². The number of pyridine rings is 1. The second-order valence-electron chi connectivity index (χ2n) is 10.0. The lowest BCUT2D eigenvalue weighted by Gasteiger charge is -2.31. The predicted molar refractivity (Wildman–Crippen MR) is 167 cm³/mol. The highest BCUT2D eigenvalue weighted by Crippen LogP contribution is 2.32. The van der Waals surface area contributed by atoms with Crippen molar-refractivity contribution in [3.05, 3.63) is 124 Å². The average Bonchev–Trinajstić information content (AvgIpc) is 3.53. The fourth-order valence-electron chi connectivity index (χ4n) is 5.20. The molecule has 0 aliphatic carbocycles. The van der Waals surface area contributed by atoms with Crippen molar-refractivity contribution in [2.75, 3.05) is 25.4 Å². The molecule has 2 aromatic heterocycles. The van der Waals surface area contributed by atoms with E-state index >= 15 is 0 Å². The van der Waals surface area contributed by atoms with Crippen LogP contribution in [0.5, 0.6) is 0 Å². The maximum atomic E-state index is 13.2. The van der Waals surface area contributed by atoms with Gasteiger partial charge in [0.15, 0.2) is 0 Å². The fourth-order valence-corrected chi connectivity index (χ4v) is 6.90. The first kappa shape index (κ1) is 28.8. The molecule has 2 aromatic carbocycles. The Morgan fingerprint density at radius 1 is 1.02 bits per heavy atom. The molecule has 1 N–H and O–H groups in total. The molecule has 0 unspecified atom stereocenters. The molecule has 0 saturated carbocycles. The van der Waals surface area contributed by atoms with Crippen molar-refractivity contribution >= 4 is 34.9 Å². The summed E-state index contributed by atoms with van der Waals surface area (Å²) >= 11 is 3.06. The van der Waals surface area contributed by atoms with Crippen LogP contribution in [-0.2, 0) is 0 Å². The molecule has 0 bridgehead atoms. The largest absolute Gasteiger partial charge is 0.351 e. The molecular weight excluding hydrogens is 549 g/mol. The van der Waals surface area contributed by atoms with Crippen LogP contribution in [0.2, 0.25) is 0 Å². The Kier molecular flexibility index (Phi) is 9.99. The van der Waals surface area contributed by atoms with Crippen molar-refractivity contribution in [2.24, 2.45) is 0 Å². The molecule has 0 spiro atoms. The van der Waals surface area contributed by atoms with Crippen LogP contribution in [0.25, 0.3) is 0 Å². The zero-order valence-electron chi connectivity index (χ0n) is 22.9. The highest BCUT2D eigenvalue weighted by Gasteiger charge is 2.28. The van der Waals surface area contributed by atoms with Gasteiger partial charge in [-0.2, -0.15) is 0 Å². The highest BCUT2D eigenvalue weighted by molar-refractivity contribution is 7.99. The number of carbonyl (C=O) groups is 2. The zero-order valence-corrected chi connectivity index (χ0v) is 24.6. The summed E-state index contributed by atoms with van der Waals surface area (Å²) < 4.78 is 0. The summed E-state index contributed by atoms with van der Waals surface area (Å²) in [5, 5.41) is 6.65. The predicted octanol–water partition coefficient (Wildman–Crippen LogP) is 6.79. The fraction of sp³-hybridized carbons (Fsp3) is 0.273. The number of rotatable bonds is 11. The summed E-state index contributed by atoms with van der Waals surface area (Å²) in [6.07, 6.45) is 5.98. The number of aromatic nitrogens is 2. The van der Waals surface area contributed by atoms with Crippen LogP contribution in [-0.4, -0.2) is 52.1 Å². The molecule has 4 aromatic rings. The van der Waals surface area contributed by atoms with E-state index in [1.807, 2.05) is 40.6 Å². The van der Waals surface area contributed by atoms with E-state index in [2.05, 4.69) is 65.4 Å². The third kappa shape index (κ3) is 7.31. The molecule has 8 heteroatoms. The Labute approximate surface area is 249 Å². The van der Waals surface area contributed by atoms with Gasteiger partial charge in [0.2, 0.25) is 0 Å². The number of nitrogens with one attached hydrogen (secondary N) is 1. The Hall–Kier alpha value is -3.75. The summed E-state index contributed by atoms with van der Waals surface area (Å²) in [6.45, 7) is 5.63. The molecule has 6 nitrogen and oxygen atoms in total. The van der Waals surface area contributed by atoms with Crippen molar-refractivity contribution < 1.29 is 9.59 Å². The second-order valence-corrected chi connectivity index (χ2v) is 11.9. The Bertz CT molecular complexity index is 1410. The molecule has 1 saturated heterocycles. The molecule has 5 rings (SSSR count). The van der Waals surface area contributed by atoms with Gasteiger partial charge in [-0.15, -0.1) is 29.7 Å². The number of amides is 2. The van der Waals surface area contributed by atoms with E-state index in [-0.39, 0.29) is 23.7 Å². The van der Waals surface area contributed by atoms with E-state index in [1.54, 1.807) is 6.20 Å². The topological polar surface area (TPSA) is 75.2 Å². The third-order valence-electron chi connectivity index (χ3n) is 7.35. The van der Waals surface area contributed by atoms with E-state index < -0.39 is 0 Å². The Morgan fingerprint density at radius 2 is 1.71 bits per heavy atom. The number of nitrogens with zero attached hydrogens (tertiary/aromatic N) is 3. The zero-order chi connectivity index (χ0) is 28.4. The normalized spacial score (nSPS) is 13.7. The van der Waals surface area contributed by atoms with Crippen LogP contribution in [0.3, 0.4) is 0 Å². The summed E-state index contributed by atoms with van der Waals surface area (Å²) in [6, 6.07) is 24.5. The minimum absolute atomic E-state index is 0.0200. The number of benzene rings is 2. The molecule has 3 heterocycles. The van der Waals surface area contributed by atoms with E-state index in [1.165, 1.54) is 34.2 Å². The molecule has 1 aliphatic rings. The Morgan fingerprint density at radius 3 is 2.37 bits per heavy atom. The third-order valence-corrected chi connectivity index (χ3v) is 9.36. The quantitative estimate of drug-likeness (QED) is 0.156. The number of likely N-dealkylation sites (tertiary alicyclic amines) is 1. The molecule has 41 heavy (non-hydrogen) atoms. The van der Waals surface area contributed by atoms with Crippen LogP contribution in [0.15, 0.2) is 102 Å². The number of piperidine rings is 1. The van der Waals surface area contributed by atoms with Gasteiger partial charge < -0.3 is 10.2 Å². The molecule has 2 amide bonds. The number of thiazole rings is 1. The minimum Gasteiger partial charge on any atom is -0.351 e. The summed E-state index contributed by atoms with van der Waals surface area (Å²) in [4.78, 5) is 37.2. The van der Waals surface area contributed by atoms with Crippen LogP contribution >= 0.6 is 23.1 Å². The van der Waals surface area contributed by atoms with Gasteiger partial charge in [0.05, 0.1) is 10.6 Å². The molecule has 0 radical (unpaired) electrons. The van der Waals surface area contributed by atoms with Gasteiger partial charge in [0.1, 0.15) is 10.7 Å². The van der Waals surface area contributed by atoms with Gasteiger partial charge in [0.25, 0.3) is 11.8 Å². The number of thioether (sulfide) groups is 1. The van der Waals surface area contributed by atoms with Crippen molar-refractivity contribution in [3.63, 3.8) is 0 Å². The van der Waals surface area contributed by atoms with E-state index in [0.717, 1.165) is 29.3 Å². The van der Waals surface area contributed by atoms with Crippen LogP contribution < -0.4 is 5.32 Å². The average molecular weight is 583 g/mol. The first-order valence-corrected chi connectivity index (χ1v) is 15.8. The lowest BCUT2D eigenvalue weighted by atomic mass is 9.88. The maximum absolute atomic E-state index is 13.2. The SMILES string of the molecule is C=CCSc1ncccc1C(=O)N1CCC(c2nc(C(=O)NCCC(c3ccccc3)c3ccccc3)cs2)CC1. The smallest absolute Gasteiger partial charge is 0.270 e. The molecule has 1 fully saturated rings. The summed E-state index contributed by atoms with van der Waals surface area (Å²) in [5.41, 5.74) is 3.60. The van der Waals surface area contributed by atoms with E-state index in [4.69, 9.17) is 4.98 Å². The van der Waals surface area contributed by atoms with Crippen LogP contribution in [0.4, 0.5) is 0 Å². The van der Waals surface area contributed by atoms with Crippen molar-refractivity contribution in [3.8, 4) is 0 Å². The number of hydrogen-bond acceptors (Lipinski definition) is 6. The Balaban J connectivity index is 1.14. The van der Waals surface area contributed by atoms with E-state index in [9.17, 15) is 9.59 Å². The van der Waals surface area contributed by atoms with Crippen LogP contribution in [0.1, 0.15) is 68.1 Å². The highest BCUT2D eigenvalue weighted by atomic mass is 32.2. The second kappa shape index (κ2) is 14.2.